The minimum Gasteiger partial charge on any atom is -0.496 e. The maximum atomic E-state index is 5.51. The van der Waals surface area contributed by atoms with Crippen LogP contribution < -0.4 is 10.1 Å². The fourth-order valence-corrected chi connectivity index (χ4v) is 3.16. The average Bonchev–Trinajstić information content (AvgIpc) is 2.48. The SMILES string of the molecule is CNC(C)c1c(OC)cccc1Sc1ccc(C)cc1. The van der Waals surface area contributed by atoms with Crippen LogP contribution in [0.4, 0.5) is 0 Å². The predicted octanol–water partition coefficient (Wildman–Crippen LogP) is 4.44. The van der Waals surface area contributed by atoms with Gasteiger partial charge in [-0.15, -0.1) is 0 Å². The second-order valence-corrected chi connectivity index (χ2v) is 5.91. The molecule has 1 N–H and O–H groups in total. The summed E-state index contributed by atoms with van der Waals surface area (Å²) in [7, 11) is 3.69. The first kappa shape index (κ1) is 14.9. The van der Waals surface area contributed by atoms with Crippen LogP contribution in [0.3, 0.4) is 0 Å². The van der Waals surface area contributed by atoms with E-state index >= 15 is 0 Å². The minimum absolute atomic E-state index is 0.249. The smallest absolute Gasteiger partial charge is 0.124 e. The Morgan fingerprint density at radius 2 is 1.80 bits per heavy atom. The molecule has 2 nitrogen and oxygen atoms in total. The first-order valence-corrected chi connectivity index (χ1v) is 7.56. The highest BCUT2D eigenvalue weighted by atomic mass is 32.2. The van der Waals surface area contributed by atoms with Gasteiger partial charge in [-0.25, -0.2) is 0 Å². The Kier molecular flexibility index (Phi) is 5.10. The Labute approximate surface area is 125 Å². The third-order valence-electron chi connectivity index (χ3n) is 3.36. The van der Waals surface area contributed by atoms with E-state index in [0.29, 0.717) is 0 Å². The van der Waals surface area contributed by atoms with E-state index in [9.17, 15) is 0 Å². The normalized spacial score (nSPS) is 12.2. The van der Waals surface area contributed by atoms with Gasteiger partial charge in [-0.1, -0.05) is 35.5 Å². The van der Waals surface area contributed by atoms with Crippen molar-refractivity contribution in [1.82, 2.24) is 5.32 Å². The quantitative estimate of drug-likeness (QED) is 0.878. The lowest BCUT2D eigenvalue weighted by atomic mass is 10.1. The van der Waals surface area contributed by atoms with Gasteiger partial charge in [-0.3, -0.25) is 0 Å². The zero-order valence-electron chi connectivity index (χ0n) is 12.4. The van der Waals surface area contributed by atoms with Crippen LogP contribution in [0, 0.1) is 6.92 Å². The molecule has 20 heavy (non-hydrogen) atoms. The topological polar surface area (TPSA) is 21.3 Å². The molecule has 3 heteroatoms. The van der Waals surface area contributed by atoms with Gasteiger partial charge in [0.25, 0.3) is 0 Å². The second-order valence-electron chi connectivity index (χ2n) is 4.80. The van der Waals surface area contributed by atoms with Crippen LogP contribution in [0.2, 0.25) is 0 Å². The molecule has 0 spiro atoms. The van der Waals surface area contributed by atoms with Crippen LogP contribution in [-0.2, 0) is 0 Å². The zero-order valence-corrected chi connectivity index (χ0v) is 13.3. The summed E-state index contributed by atoms with van der Waals surface area (Å²) in [5.41, 5.74) is 2.49. The highest BCUT2D eigenvalue weighted by Gasteiger charge is 2.15. The van der Waals surface area contributed by atoms with Crippen molar-refractivity contribution in [1.29, 1.82) is 0 Å². The van der Waals surface area contributed by atoms with Gasteiger partial charge in [0.15, 0.2) is 0 Å². The van der Waals surface area contributed by atoms with Crippen LogP contribution in [0.5, 0.6) is 5.75 Å². The highest BCUT2D eigenvalue weighted by molar-refractivity contribution is 7.99. The molecule has 106 valence electrons. The van der Waals surface area contributed by atoms with Crippen molar-refractivity contribution in [2.24, 2.45) is 0 Å². The largest absolute Gasteiger partial charge is 0.496 e. The van der Waals surface area contributed by atoms with E-state index in [1.54, 1.807) is 18.9 Å². The fourth-order valence-electron chi connectivity index (χ4n) is 2.10. The summed E-state index contributed by atoms with van der Waals surface area (Å²) in [5, 5.41) is 3.30. The van der Waals surface area contributed by atoms with Crippen molar-refractivity contribution in [3.05, 3.63) is 53.6 Å². The summed E-state index contributed by atoms with van der Waals surface area (Å²) >= 11 is 1.78. The van der Waals surface area contributed by atoms with Gasteiger partial charge in [0.2, 0.25) is 0 Å². The van der Waals surface area contributed by atoms with Gasteiger partial charge in [-0.2, -0.15) is 0 Å². The van der Waals surface area contributed by atoms with Crippen molar-refractivity contribution >= 4 is 11.8 Å². The third kappa shape index (κ3) is 3.35. The summed E-state index contributed by atoms with van der Waals surface area (Å²) in [4.78, 5) is 2.48. The first-order valence-electron chi connectivity index (χ1n) is 6.74. The molecule has 0 aliphatic carbocycles. The number of rotatable bonds is 5. The van der Waals surface area contributed by atoms with E-state index in [0.717, 1.165) is 5.75 Å². The zero-order chi connectivity index (χ0) is 14.5. The van der Waals surface area contributed by atoms with Gasteiger partial charge in [0, 0.05) is 21.4 Å². The molecule has 0 aliphatic heterocycles. The van der Waals surface area contributed by atoms with Gasteiger partial charge < -0.3 is 10.1 Å². The summed E-state index contributed by atoms with van der Waals surface area (Å²) in [6, 6.07) is 15.1. The lowest BCUT2D eigenvalue weighted by Gasteiger charge is -2.19. The summed E-state index contributed by atoms with van der Waals surface area (Å²) < 4.78 is 5.51. The van der Waals surface area contributed by atoms with Gasteiger partial charge in [0.05, 0.1) is 7.11 Å². The molecule has 0 saturated heterocycles. The van der Waals surface area contributed by atoms with Gasteiger partial charge in [-0.05, 0) is 45.2 Å². The van der Waals surface area contributed by atoms with E-state index in [1.807, 2.05) is 19.2 Å². The molecule has 2 rings (SSSR count). The molecular formula is C17H21NOS. The molecule has 2 aromatic rings. The summed E-state index contributed by atoms with van der Waals surface area (Å²) in [6.45, 7) is 4.26. The monoisotopic (exact) mass is 287 g/mol. The average molecular weight is 287 g/mol. The molecule has 0 bridgehead atoms. The lowest BCUT2D eigenvalue weighted by molar-refractivity contribution is 0.401. The predicted molar refractivity (Wildman–Crippen MR) is 85.8 cm³/mol. The molecule has 0 saturated carbocycles. The van der Waals surface area contributed by atoms with Crippen molar-refractivity contribution in [2.75, 3.05) is 14.2 Å². The second kappa shape index (κ2) is 6.82. The van der Waals surface area contributed by atoms with Crippen LogP contribution >= 0.6 is 11.8 Å². The summed E-state index contributed by atoms with van der Waals surface area (Å²) in [5.74, 6) is 0.934. The molecule has 1 atom stereocenters. The molecule has 0 fully saturated rings. The van der Waals surface area contributed by atoms with Gasteiger partial charge >= 0.3 is 0 Å². The van der Waals surface area contributed by atoms with Crippen LogP contribution in [0.25, 0.3) is 0 Å². The first-order chi connectivity index (χ1) is 9.65. The van der Waals surface area contributed by atoms with Crippen molar-refractivity contribution < 1.29 is 4.74 Å². The maximum absolute atomic E-state index is 5.51. The van der Waals surface area contributed by atoms with E-state index in [2.05, 4.69) is 49.5 Å². The molecule has 0 heterocycles. The molecule has 2 aromatic carbocycles. The van der Waals surface area contributed by atoms with Crippen LogP contribution in [-0.4, -0.2) is 14.2 Å². The van der Waals surface area contributed by atoms with Crippen LogP contribution in [0.15, 0.2) is 52.3 Å². The van der Waals surface area contributed by atoms with Gasteiger partial charge in [0.1, 0.15) is 5.75 Å². The number of aryl methyl sites for hydroxylation is 1. The Balaban J connectivity index is 2.37. The number of hydrogen-bond acceptors (Lipinski definition) is 3. The Morgan fingerprint density at radius 1 is 1.10 bits per heavy atom. The summed E-state index contributed by atoms with van der Waals surface area (Å²) in [6.07, 6.45) is 0. The Morgan fingerprint density at radius 3 is 2.40 bits per heavy atom. The molecule has 0 radical (unpaired) electrons. The molecule has 0 aromatic heterocycles. The van der Waals surface area contributed by atoms with Crippen LogP contribution in [0.1, 0.15) is 24.1 Å². The Bertz CT molecular complexity index is 566. The minimum atomic E-state index is 0.249. The fraction of sp³-hybridized carbons (Fsp3) is 0.294. The molecule has 0 aliphatic rings. The molecule has 1 unspecified atom stereocenters. The number of hydrogen-bond donors (Lipinski definition) is 1. The van der Waals surface area contributed by atoms with E-state index in [1.165, 1.54) is 20.9 Å². The van der Waals surface area contributed by atoms with Crippen molar-refractivity contribution in [3.8, 4) is 5.75 Å². The standard InChI is InChI=1S/C17H21NOS/c1-12-8-10-14(11-9-12)20-16-7-5-6-15(19-4)17(16)13(2)18-3/h5-11,13,18H,1-4H3. The number of ether oxygens (including phenoxy) is 1. The van der Waals surface area contributed by atoms with Crippen molar-refractivity contribution in [2.45, 2.75) is 29.7 Å². The third-order valence-corrected chi connectivity index (χ3v) is 4.44. The lowest BCUT2D eigenvalue weighted by Crippen LogP contribution is -2.14. The Hall–Kier alpha value is -1.45. The van der Waals surface area contributed by atoms with E-state index < -0.39 is 0 Å². The number of nitrogens with one attached hydrogen (secondary N) is 1. The number of methoxy groups -OCH3 is 1. The highest BCUT2D eigenvalue weighted by Crippen LogP contribution is 2.38. The number of benzene rings is 2. The maximum Gasteiger partial charge on any atom is 0.124 e. The van der Waals surface area contributed by atoms with E-state index in [-0.39, 0.29) is 6.04 Å². The van der Waals surface area contributed by atoms with E-state index in [4.69, 9.17) is 4.74 Å². The molecular weight excluding hydrogens is 266 g/mol. The van der Waals surface area contributed by atoms with Crippen molar-refractivity contribution in [3.63, 3.8) is 0 Å². The molecule has 0 amide bonds.